The number of pyridine rings is 1. The molecule has 3 nitrogen and oxygen atoms in total. The van der Waals surface area contributed by atoms with Crippen molar-refractivity contribution < 1.29 is 0 Å². The first kappa shape index (κ1) is 10.5. The molecule has 1 aromatic heterocycles. The fraction of sp³-hybridized carbons (Fsp3) is 0.455. The molecule has 1 N–H and O–H groups in total. The summed E-state index contributed by atoms with van der Waals surface area (Å²) >= 11 is 1.81. The van der Waals surface area contributed by atoms with Gasteiger partial charge in [-0.1, -0.05) is 18.7 Å². The van der Waals surface area contributed by atoms with Crippen molar-refractivity contribution in [2.75, 3.05) is 6.54 Å². The summed E-state index contributed by atoms with van der Waals surface area (Å²) in [7, 11) is 0. The van der Waals surface area contributed by atoms with Crippen molar-refractivity contribution >= 4 is 16.9 Å². The summed E-state index contributed by atoms with van der Waals surface area (Å²) in [5.74, 6) is 0. The number of nitrogens with one attached hydrogen (secondary N) is 1. The summed E-state index contributed by atoms with van der Waals surface area (Å²) in [6.45, 7) is 6.05. The number of amidine groups is 1. The zero-order valence-corrected chi connectivity index (χ0v) is 9.84. The van der Waals surface area contributed by atoms with Gasteiger partial charge in [-0.25, -0.2) is 0 Å². The molecule has 0 aliphatic carbocycles. The van der Waals surface area contributed by atoms with Gasteiger partial charge in [-0.2, -0.15) is 0 Å². The molecule has 0 spiro atoms. The van der Waals surface area contributed by atoms with Gasteiger partial charge in [0.15, 0.2) is 5.17 Å². The highest BCUT2D eigenvalue weighted by Gasteiger charge is 2.14. The average molecular weight is 221 g/mol. The zero-order chi connectivity index (χ0) is 10.7. The maximum atomic E-state index is 4.41. The van der Waals surface area contributed by atoms with E-state index < -0.39 is 0 Å². The molecule has 0 radical (unpaired) electrons. The van der Waals surface area contributed by atoms with E-state index in [-0.39, 0.29) is 0 Å². The van der Waals surface area contributed by atoms with Crippen molar-refractivity contribution in [1.29, 1.82) is 0 Å². The number of nitrogens with zero attached hydrogens (tertiary/aromatic N) is 2. The Morgan fingerprint density at radius 1 is 1.60 bits per heavy atom. The lowest BCUT2D eigenvalue weighted by Gasteiger charge is -2.07. The standard InChI is InChI=1S/C11H15N3S/c1-8-5-12-4-3-10(8)7-14-11-13-6-9(2)15-11/h3-5,9H,6-7H2,1-2H3,(H,13,14). The Balaban J connectivity index is 1.91. The highest BCUT2D eigenvalue weighted by molar-refractivity contribution is 8.14. The fourth-order valence-electron chi connectivity index (χ4n) is 1.45. The van der Waals surface area contributed by atoms with Gasteiger partial charge in [0.05, 0.1) is 6.54 Å². The average Bonchev–Trinajstić information content (AvgIpc) is 2.63. The first-order valence-electron chi connectivity index (χ1n) is 5.10. The number of aliphatic imine (C=N–C) groups is 1. The van der Waals surface area contributed by atoms with Gasteiger partial charge in [-0.3, -0.25) is 9.98 Å². The van der Waals surface area contributed by atoms with E-state index >= 15 is 0 Å². The number of aromatic nitrogens is 1. The molecule has 1 aromatic rings. The minimum absolute atomic E-state index is 0.617. The summed E-state index contributed by atoms with van der Waals surface area (Å²) in [5.41, 5.74) is 2.51. The van der Waals surface area contributed by atoms with Crippen LogP contribution < -0.4 is 5.32 Å². The third-order valence-corrected chi connectivity index (χ3v) is 3.42. The minimum Gasteiger partial charge on any atom is -0.361 e. The van der Waals surface area contributed by atoms with Gasteiger partial charge >= 0.3 is 0 Å². The number of thioether (sulfide) groups is 1. The van der Waals surface area contributed by atoms with Gasteiger partial charge in [0.2, 0.25) is 0 Å². The lowest BCUT2D eigenvalue weighted by molar-refractivity contribution is 0.901. The molecule has 1 aliphatic heterocycles. The second-order valence-corrected chi connectivity index (χ2v) is 5.16. The van der Waals surface area contributed by atoms with E-state index in [1.807, 2.05) is 30.2 Å². The Morgan fingerprint density at radius 3 is 3.13 bits per heavy atom. The molecule has 4 heteroatoms. The van der Waals surface area contributed by atoms with E-state index in [1.165, 1.54) is 11.1 Å². The number of hydrogen-bond donors (Lipinski definition) is 1. The molecule has 0 bridgehead atoms. The SMILES string of the molecule is Cc1cnccc1CNC1=NCC(C)S1. The van der Waals surface area contributed by atoms with E-state index in [1.54, 1.807) is 0 Å². The predicted octanol–water partition coefficient (Wildman–Crippen LogP) is 1.97. The normalized spacial score (nSPS) is 20.1. The van der Waals surface area contributed by atoms with Crippen molar-refractivity contribution in [1.82, 2.24) is 10.3 Å². The largest absolute Gasteiger partial charge is 0.361 e. The molecule has 1 aliphatic rings. The van der Waals surface area contributed by atoms with Crippen LogP contribution in [0, 0.1) is 6.92 Å². The van der Waals surface area contributed by atoms with Crippen LogP contribution in [-0.2, 0) is 6.54 Å². The Kier molecular flexibility index (Phi) is 3.26. The van der Waals surface area contributed by atoms with Gasteiger partial charge < -0.3 is 5.32 Å². The third kappa shape index (κ3) is 2.72. The molecule has 15 heavy (non-hydrogen) atoms. The lowest BCUT2D eigenvalue weighted by atomic mass is 10.2. The Bertz CT molecular complexity index is 376. The molecule has 0 saturated heterocycles. The topological polar surface area (TPSA) is 37.3 Å². The molecule has 2 heterocycles. The van der Waals surface area contributed by atoms with Crippen LogP contribution in [0.25, 0.3) is 0 Å². The molecular formula is C11H15N3S. The van der Waals surface area contributed by atoms with Crippen LogP contribution in [0.1, 0.15) is 18.1 Å². The molecule has 80 valence electrons. The van der Waals surface area contributed by atoms with Gasteiger partial charge in [0, 0.05) is 24.2 Å². The Hall–Kier alpha value is -1.03. The van der Waals surface area contributed by atoms with Crippen LogP contribution in [0.2, 0.25) is 0 Å². The highest BCUT2D eigenvalue weighted by Crippen LogP contribution is 2.18. The predicted molar refractivity (Wildman–Crippen MR) is 65.2 cm³/mol. The van der Waals surface area contributed by atoms with Gasteiger partial charge in [0.1, 0.15) is 0 Å². The molecule has 0 aromatic carbocycles. The van der Waals surface area contributed by atoms with Crippen LogP contribution in [0.3, 0.4) is 0 Å². The zero-order valence-electron chi connectivity index (χ0n) is 9.03. The van der Waals surface area contributed by atoms with E-state index in [0.717, 1.165) is 18.3 Å². The maximum Gasteiger partial charge on any atom is 0.157 e. The monoisotopic (exact) mass is 221 g/mol. The second-order valence-electron chi connectivity index (χ2n) is 3.73. The Morgan fingerprint density at radius 2 is 2.47 bits per heavy atom. The summed E-state index contributed by atoms with van der Waals surface area (Å²) < 4.78 is 0. The first-order valence-corrected chi connectivity index (χ1v) is 5.98. The van der Waals surface area contributed by atoms with E-state index in [9.17, 15) is 0 Å². The van der Waals surface area contributed by atoms with Crippen molar-refractivity contribution in [2.24, 2.45) is 4.99 Å². The van der Waals surface area contributed by atoms with E-state index in [4.69, 9.17) is 0 Å². The smallest absolute Gasteiger partial charge is 0.157 e. The lowest BCUT2D eigenvalue weighted by Crippen LogP contribution is -2.19. The number of rotatable bonds is 2. The molecule has 0 amide bonds. The summed E-state index contributed by atoms with van der Waals surface area (Å²) in [5, 5.41) is 5.04. The van der Waals surface area contributed by atoms with Crippen molar-refractivity contribution in [3.63, 3.8) is 0 Å². The highest BCUT2D eigenvalue weighted by atomic mass is 32.2. The van der Waals surface area contributed by atoms with Crippen molar-refractivity contribution in [3.05, 3.63) is 29.6 Å². The van der Waals surface area contributed by atoms with Gasteiger partial charge in [-0.05, 0) is 24.1 Å². The van der Waals surface area contributed by atoms with Crippen LogP contribution in [0.15, 0.2) is 23.5 Å². The summed E-state index contributed by atoms with van der Waals surface area (Å²) in [4.78, 5) is 8.49. The van der Waals surface area contributed by atoms with Crippen molar-refractivity contribution in [2.45, 2.75) is 25.6 Å². The van der Waals surface area contributed by atoms with E-state index in [0.29, 0.717) is 5.25 Å². The van der Waals surface area contributed by atoms with Gasteiger partial charge in [-0.15, -0.1) is 0 Å². The third-order valence-electron chi connectivity index (χ3n) is 2.37. The molecular weight excluding hydrogens is 206 g/mol. The van der Waals surface area contributed by atoms with Crippen LogP contribution >= 0.6 is 11.8 Å². The van der Waals surface area contributed by atoms with Crippen LogP contribution in [0.5, 0.6) is 0 Å². The maximum absolute atomic E-state index is 4.41. The second kappa shape index (κ2) is 4.66. The number of aryl methyl sites for hydroxylation is 1. The van der Waals surface area contributed by atoms with Crippen LogP contribution in [0.4, 0.5) is 0 Å². The van der Waals surface area contributed by atoms with Gasteiger partial charge in [0.25, 0.3) is 0 Å². The van der Waals surface area contributed by atoms with Crippen LogP contribution in [-0.4, -0.2) is 21.9 Å². The molecule has 1 atom stereocenters. The summed E-state index contributed by atoms with van der Waals surface area (Å²) in [6, 6.07) is 2.05. The van der Waals surface area contributed by atoms with Crippen molar-refractivity contribution in [3.8, 4) is 0 Å². The number of hydrogen-bond acceptors (Lipinski definition) is 4. The Labute approximate surface area is 94.4 Å². The summed E-state index contributed by atoms with van der Waals surface area (Å²) in [6.07, 6.45) is 3.72. The molecule has 1 unspecified atom stereocenters. The molecule has 2 rings (SSSR count). The van der Waals surface area contributed by atoms with E-state index in [2.05, 4.69) is 29.1 Å². The first-order chi connectivity index (χ1) is 7.25. The molecule has 0 fully saturated rings. The quantitative estimate of drug-likeness (QED) is 0.829. The minimum atomic E-state index is 0.617. The molecule has 0 saturated carbocycles. The fourth-order valence-corrected chi connectivity index (χ4v) is 2.28.